The third kappa shape index (κ3) is 1.27. The van der Waals surface area contributed by atoms with Gasteiger partial charge in [0, 0.05) is 12.3 Å². The summed E-state index contributed by atoms with van der Waals surface area (Å²) in [5, 5.41) is 19.1. The zero-order valence-corrected chi connectivity index (χ0v) is 9.11. The Kier molecular flexibility index (Phi) is 2.07. The number of ether oxygens (including phenoxy) is 2. The molecular formula is C10H12N2O5. The molecule has 7 heteroatoms. The Morgan fingerprint density at radius 1 is 1.65 bits per heavy atom. The van der Waals surface area contributed by atoms with Crippen LogP contribution in [0.1, 0.15) is 13.2 Å². The molecule has 0 amide bonds. The number of nitrogens with zero attached hydrogens (tertiary/aromatic N) is 2. The molecule has 1 saturated heterocycles. The van der Waals surface area contributed by atoms with Crippen molar-refractivity contribution in [2.24, 2.45) is 0 Å². The minimum atomic E-state index is -1.03. The standard InChI is InChI=1S/C10H12N2O5/c1-10-7(15)5(4-13)16-8(10)12-3-2-6(14)11-9(12)17-10/h2-3,5,7-8,13,15H,4H2,1H3/t5?,7-,8-,10+/m1/s1. The number of aromatic nitrogens is 2. The van der Waals surface area contributed by atoms with Crippen molar-refractivity contribution in [3.8, 4) is 6.01 Å². The molecule has 0 aliphatic carbocycles. The van der Waals surface area contributed by atoms with E-state index in [-0.39, 0.29) is 12.6 Å². The van der Waals surface area contributed by atoms with Crippen molar-refractivity contribution >= 4 is 0 Å². The molecule has 92 valence electrons. The number of hydrogen-bond donors (Lipinski definition) is 2. The van der Waals surface area contributed by atoms with Gasteiger partial charge in [-0.15, -0.1) is 0 Å². The number of hydrogen-bond acceptors (Lipinski definition) is 6. The predicted molar refractivity (Wildman–Crippen MR) is 54.5 cm³/mol. The Labute approximate surface area is 96.2 Å². The molecule has 7 nitrogen and oxygen atoms in total. The van der Waals surface area contributed by atoms with Crippen molar-refractivity contribution in [2.45, 2.75) is 31.0 Å². The summed E-state index contributed by atoms with van der Waals surface area (Å²) in [4.78, 5) is 14.8. The van der Waals surface area contributed by atoms with Crippen molar-refractivity contribution in [3.63, 3.8) is 0 Å². The maximum Gasteiger partial charge on any atom is 0.302 e. The zero-order valence-electron chi connectivity index (χ0n) is 9.11. The summed E-state index contributed by atoms with van der Waals surface area (Å²) >= 11 is 0. The summed E-state index contributed by atoms with van der Waals surface area (Å²) in [5.74, 6) is 0. The van der Waals surface area contributed by atoms with Gasteiger partial charge in [-0.1, -0.05) is 0 Å². The van der Waals surface area contributed by atoms with E-state index in [2.05, 4.69) is 4.98 Å². The first-order valence-corrected chi connectivity index (χ1v) is 5.29. The van der Waals surface area contributed by atoms with E-state index in [0.29, 0.717) is 0 Å². The highest BCUT2D eigenvalue weighted by Gasteiger charge is 2.60. The van der Waals surface area contributed by atoms with Gasteiger partial charge in [-0.05, 0) is 6.92 Å². The van der Waals surface area contributed by atoms with Gasteiger partial charge in [-0.25, -0.2) is 0 Å². The van der Waals surface area contributed by atoms with Gasteiger partial charge >= 0.3 is 6.01 Å². The minimum absolute atomic E-state index is 0.125. The highest BCUT2D eigenvalue weighted by Crippen LogP contribution is 2.46. The average molecular weight is 240 g/mol. The summed E-state index contributed by atoms with van der Waals surface area (Å²) in [7, 11) is 0. The second-order valence-corrected chi connectivity index (χ2v) is 4.40. The Balaban J connectivity index is 2.07. The van der Waals surface area contributed by atoms with Crippen LogP contribution in [0.5, 0.6) is 6.01 Å². The fourth-order valence-corrected chi connectivity index (χ4v) is 2.33. The summed E-state index contributed by atoms with van der Waals surface area (Å²) in [6.07, 6.45) is -0.753. The minimum Gasteiger partial charge on any atom is -0.450 e. The van der Waals surface area contributed by atoms with Gasteiger partial charge in [0.2, 0.25) is 0 Å². The van der Waals surface area contributed by atoms with E-state index < -0.39 is 29.6 Å². The summed E-state index contributed by atoms with van der Waals surface area (Å²) < 4.78 is 12.6. The highest BCUT2D eigenvalue weighted by atomic mass is 16.6. The maximum atomic E-state index is 11.1. The molecule has 2 N–H and O–H groups in total. The van der Waals surface area contributed by atoms with Crippen molar-refractivity contribution in [1.29, 1.82) is 0 Å². The van der Waals surface area contributed by atoms with Crippen LogP contribution in [0, 0.1) is 0 Å². The van der Waals surface area contributed by atoms with Crippen molar-refractivity contribution < 1.29 is 19.7 Å². The number of rotatable bonds is 1. The molecule has 1 aromatic rings. The molecule has 1 aromatic heterocycles. The van der Waals surface area contributed by atoms with E-state index in [1.54, 1.807) is 11.5 Å². The van der Waals surface area contributed by atoms with Crippen molar-refractivity contribution in [1.82, 2.24) is 9.55 Å². The Morgan fingerprint density at radius 3 is 3.12 bits per heavy atom. The predicted octanol–water partition coefficient (Wildman–Crippen LogP) is -1.36. The Bertz CT molecular complexity index is 516. The third-order valence-electron chi connectivity index (χ3n) is 3.28. The fourth-order valence-electron chi connectivity index (χ4n) is 2.33. The molecule has 2 aliphatic heterocycles. The first kappa shape index (κ1) is 10.7. The van der Waals surface area contributed by atoms with Crippen LogP contribution in [-0.4, -0.2) is 44.2 Å². The first-order chi connectivity index (χ1) is 8.06. The van der Waals surface area contributed by atoms with Crippen LogP contribution in [0.15, 0.2) is 17.1 Å². The fraction of sp³-hybridized carbons (Fsp3) is 0.600. The van der Waals surface area contributed by atoms with Gasteiger partial charge in [0.1, 0.15) is 12.2 Å². The molecule has 1 unspecified atom stereocenters. The molecule has 2 aliphatic rings. The molecule has 0 bridgehead atoms. The zero-order chi connectivity index (χ0) is 12.2. The Morgan fingerprint density at radius 2 is 2.41 bits per heavy atom. The number of aliphatic hydroxyl groups is 2. The molecule has 17 heavy (non-hydrogen) atoms. The SMILES string of the molecule is C[C@@]12Oc3nc(=O)ccn3[C@@H]1OC(CO)[C@H]2O. The smallest absolute Gasteiger partial charge is 0.302 e. The summed E-state index contributed by atoms with van der Waals surface area (Å²) in [6.45, 7) is 1.37. The van der Waals surface area contributed by atoms with Crippen LogP contribution in [0.2, 0.25) is 0 Å². The largest absolute Gasteiger partial charge is 0.450 e. The first-order valence-electron chi connectivity index (χ1n) is 5.29. The van der Waals surface area contributed by atoms with E-state index in [1.165, 1.54) is 12.3 Å². The summed E-state index contributed by atoms with van der Waals surface area (Å²) in [5.41, 5.74) is -1.44. The number of fused-ring (bicyclic) bond motifs is 3. The molecule has 0 saturated carbocycles. The van der Waals surface area contributed by atoms with Crippen molar-refractivity contribution in [3.05, 3.63) is 22.6 Å². The van der Waals surface area contributed by atoms with Crippen LogP contribution in [0.25, 0.3) is 0 Å². The normalized spacial score (nSPS) is 38.6. The molecule has 4 atom stereocenters. The lowest BCUT2D eigenvalue weighted by atomic mass is 9.97. The van der Waals surface area contributed by atoms with Gasteiger partial charge in [-0.2, -0.15) is 4.98 Å². The van der Waals surface area contributed by atoms with E-state index in [0.717, 1.165) is 0 Å². The third-order valence-corrected chi connectivity index (χ3v) is 3.28. The van der Waals surface area contributed by atoms with Crippen LogP contribution < -0.4 is 10.3 Å². The lowest BCUT2D eigenvalue weighted by Crippen LogP contribution is -2.45. The molecule has 0 radical (unpaired) electrons. The Hall–Kier alpha value is -1.44. The van der Waals surface area contributed by atoms with Gasteiger partial charge in [0.05, 0.1) is 6.61 Å². The van der Waals surface area contributed by atoms with Crippen molar-refractivity contribution in [2.75, 3.05) is 6.61 Å². The molecule has 0 aromatic carbocycles. The molecular weight excluding hydrogens is 228 g/mol. The molecule has 0 spiro atoms. The molecule has 3 rings (SSSR count). The molecule has 3 heterocycles. The number of aliphatic hydroxyl groups excluding tert-OH is 2. The monoisotopic (exact) mass is 240 g/mol. The maximum absolute atomic E-state index is 11.1. The van der Waals surface area contributed by atoms with Crippen LogP contribution in [-0.2, 0) is 4.74 Å². The van der Waals surface area contributed by atoms with E-state index in [1.807, 2.05) is 0 Å². The van der Waals surface area contributed by atoms with Gasteiger partial charge in [0.25, 0.3) is 5.56 Å². The second-order valence-electron chi connectivity index (χ2n) is 4.40. The van der Waals surface area contributed by atoms with E-state index in [4.69, 9.17) is 14.6 Å². The highest BCUT2D eigenvalue weighted by molar-refractivity contribution is 5.16. The quantitative estimate of drug-likeness (QED) is 0.630. The van der Waals surface area contributed by atoms with Crippen LogP contribution in [0.3, 0.4) is 0 Å². The van der Waals surface area contributed by atoms with Gasteiger partial charge in [-0.3, -0.25) is 9.36 Å². The van der Waals surface area contributed by atoms with Crippen LogP contribution in [0.4, 0.5) is 0 Å². The second kappa shape index (κ2) is 3.28. The average Bonchev–Trinajstić information content (AvgIpc) is 2.69. The summed E-state index contributed by atoms with van der Waals surface area (Å²) in [6, 6.07) is 1.42. The lowest BCUT2D eigenvalue weighted by molar-refractivity contribution is -0.0457. The van der Waals surface area contributed by atoms with Gasteiger partial charge in [0.15, 0.2) is 11.8 Å². The lowest BCUT2D eigenvalue weighted by Gasteiger charge is -2.24. The topological polar surface area (TPSA) is 93.8 Å². The van der Waals surface area contributed by atoms with Crippen LogP contribution >= 0.6 is 0 Å². The van der Waals surface area contributed by atoms with E-state index in [9.17, 15) is 9.90 Å². The molecule has 1 fully saturated rings. The van der Waals surface area contributed by atoms with E-state index >= 15 is 0 Å². The van der Waals surface area contributed by atoms with Gasteiger partial charge < -0.3 is 19.7 Å².